The molecular weight excluding hydrogens is 400 g/mol. The van der Waals surface area contributed by atoms with Crippen LogP contribution in [0.25, 0.3) is 0 Å². The molecule has 166 valence electrons. The van der Waals surface area contributed by atoms with Crippen molar-refractivity contribution >= 4 is 33.4 Å². The standard InChI is InChI=1S/C21H34N6O2S/c1-25(16-8-3-2-4-9-16)13-7-12-22-19(29)17-10-5-14-26(17)20-23-24-21(30-20)27-15-6-11-18(27)28/h16-17H,2-15H2,1H3,(H,22,29). The summed E-state index contributed by atoms with van der Waals surface area (Å²) in [5, 5.41) is 13.1. The molecule has 1 N–H and O–H groups in total. The largest absolute Gasteiger partial charge is 0.354 e. The highest BCUT2D eigenvalue weighted by molar-refractivity contribution is 7.19. The third-order valence-corrected chi connectivity index (χ3v) is 7.68. The van der Waals surface area contributed by atoms with E-state index >= 15 is 0 Å². The van der Waals surface area contributed by atoms with Gasteiger partial charge in [0.2, 0.25) is 22.1 Å². The smallest absolute Gasteiger partial charge is 0.242 e. The minimum Gasteiger partial charge on any atom is -0.354 e. The first-order chi connectivity index (χ1) is 14.6. The molecule has 1 aromatic rings. The highest BCUT2D eigenvalue weighted by Gasteiger charge is 2.34. The molecule has 0 bridgehead atoms. The number of amides is 2. The van der Waals surface area contributed by atoms with E-state index in [-0.39, 0.29) is 17.9 Å². The maximum atomic E-state index is 12.8. The first-order valence-electron chi connectivity index (χ1n) is 11.5. The first kappa shape index (κ1) is 21.5. The summed E-state index contributed by atoms with van der Waals surface area (Å²) >= 11 is 1.42. The molecule has 2 amide bonds. The lowest BCUT2D eigenvalue weighted by Gasteiger charge is -2.31. The molecule has 30 heavy (non-hydrogen) atoms. The Morgan fingerprint density at radius 1 is 1.10 bits per heavy atom. The lowest BCUT2D eigenvalue weighted by Crippen LogP contribution is -2.44. The number of hydrogen-bond acceptors (Lipinski definition) is 7. The number of rotatable bonds is 8. The van der Waals surface area contributed by atoms with Crippen molar-refractivity contribution < 1.29 is 9.59 Å². The maximum absolute atomic E-state index is 12.8. The summed E-state index contributed by atoms with van der Waals surface area (Å²) in [6.45, 7) is 3.27. The highest BCUT2D eigenvalue weighted by atomic mass is 32.1. The van der Waals surface area contributed by atoms with E-state index < -0.39 is 0 Å². The zero-order valence-corrected chi connectivity index (χ0v) is 18.8. The predicted molar refractivity (Wildman–Crippen MR) is 119 cm³/mol. The minimum atomic E-state index is -0.184. The quantitative estimate of drug-likeness (QED) is 0.633. The summed E-state index contributed by atoms with van der Waals surface area (Å²) in [6, 6.07) is 0.532. The van der Waals surface area contributed by atoms with Crippen LogP contribution in [0.4, 0.5) is 10.3 Å². The van der Waals surface area contributed by atoms with Gasteiger partial charge in [-0.25, -0.2) is 0 Å². The molecule has 1 saturated carbocycles. The fourth-order valence-electron chi connectivity index (χ4n) is 4.91. The van der Waals surface area contributed by atoms with Gasteiger partial charge in [0.25, 0.3) is 0 Å². The predicted octanol–water partition coefficient (Wildman–Crippen LogP) is 2.40. The lowest BCUT2D eigenvalue weighted by molar-refractivity contribution is -0.122. The van der Waals surface area contributed by atoms with E-state index in [1.165, 1.54) is 43.4 Å². The van der Waals surface area contributed by atoms with Crippen LogP contribution >= 0.6 is 11.3 Å². The van der Waals surface area contributed by atoms with E-state index in [4.69, 9.17) is 0 Å². The van der Waals surface area contributed by atoms with Gasteiger partial charge in [-0.3, -0.25) is 14.5 Å². The molecule has 1 aromatic heterocycles. The third-order valence-electron chi connectivity index (χ3n) is 6.69. The Hall–Kier alpha value is -1.74. The van der Waals surface area contributed by atoms with E-state index in [1.54, 1.807) is 4.90 Å². The molecule has 0 radical (unpaired) electrons. The number of carbonyl (C=O) groups is 2. The number of anilines is 2. The van der Waals surface area contributed by atoms with E-state index in [9.17, 15) is 9.59 Å². The monoisotopic (exact) mass is 434 g/mol. The molecule has 4 rings (SSSR count). The fraction of sp³-hybridized carbons (Fsp3) is 0.810. The van der Waals surface area contributed by atoms with Gasteiger partial charge in [-0.05, 0) is 52.1 Å². The number of nitrogens with one attached hydrogen (secondary N) is 1. The van der Waals surface area contributed by atoms with Crippen molar-refractivity contribution in [2.45, 2.75) is 76.3 Å². The van der Waals surface area contributed by atoms with Gasteiger partial charge < -0.3 is 15.1 Å². The van der Waals surface area contributed by atoms with E-state index in [1.807, 2.05) is 0 Å². The fourth-order valence-corrected chi connectivity index (χ4v) is 5.88. The first-order valence-corrected chi connectivity index (χ1v) is 12.3. The van der Waals surface area contributed by atoms with Crippen LogP contribution in [-0.2, 0) is 9.59 Å². The van der Waals surface area contributed by atoms with Gasteiger partial charge in [0.05, 0.1) is 0 Å². The number of nitrogens with zero attached hydrogens (tertiary/aromatic N) is 5. The zero-order valence-electron chi connectivity index (χ0n) is 18.0. The van der Waals surface area contributed by atoms with Crippen LogP contribution in [-0.4, -0.2) is 72.2 Å². The number of aromatic nitrogens is 2. The summed E-state index contributed by atoms with van der Waals surface area (Å²) < 4.78 is 0. The molecule has 0 aromatic carbocycles. The highest BCUT2D eigenvalue weighted by Crippen LogP contribution is 2.33. The normalized spacial score (nSPS) is 23.0. The molecule has 3 fully saturated rings. The Kier molecular flexibility index (Phi) is 7.20. The van der Waals surface area contributed by atoms with E-state index in [2.05, 4.69) is 32.4 Å². The summed E-state index contributed by atoms with van der Waals surface area (Å²) in [6.07, 6.45) is 10.9. The number of carbonyl (C=O) groups excluding carboxylic acids is 2. The molecule has 3 aliphatic rings. The molecule has 1 unspecified atom stereocenters. The Balaban J connectivity index is 1.24. The van der Waals surface area contributed by atoms with Gasteiger partial charge in [-0.15, -0.1) is 10.2 Å². The van der Waals surface area contributed by atoms with Crippen molar-refractivity contribution in [2.75, 3.05) is 43.0 Å². The van der Waals surface area contributed by atoms with Crippen molar-refractivity contribution in [1.29, 1.82) is 0 Å². The van der Waals surface area contributed by atoms with Crippen LogP contribution in [0, 0.1) is 0 Å². The molecular formula is C21H34N6O2S. The van der Waals surface area contributed by atoms with Crippen molar-refractivity contribution in [3.8, 4) is 0 Å². The molecule has 1 aliphatic carbocycles. The maximum Gasteiger partial charge on any atom is 0.242 e. The van der Waals surface area contributed by atoms with Gasteiger partial charge >= 0.3 is 0 Å². The topological polar surface area (TPSA) is 81.7 Å². The van der Waals surface area contributed by atoms with Crippen LogP contribution in [0.15, 0.2) is 0 Å². The summed E-state index contributed by atoms with van der Waals surface area (Å²) in [7, 11) is 2.22. The van der Waals surface area contributed by atoms with Gasteiger partial charge in [-0.1, -0.05) is 30.6 Å². The van der Waals surface area contributed by atoms with Crippen LogP contribution in [0.2, 0.25) is 0 Å². The SMILES string of the molecule is CN(CCCNC(=O)C1CCCN1c1nnc(N2CCCC2=O)s1)C1CCCCC1. The van der Waals surface area contributed by atoms with Crippen molar-refractivity contribution in [2.24, 2.45) is 0 Å². The zero-order chi connectivity index (χ0) is 20.9. The molecule has 2 aliphatic heterocycles. The van der Waals surface area contributed by atoms with Gasteiger partial charge in [0, 0.05) is 32.1 Å². The molecule has 0 spiro atoms. The second-order valence-corrected chi connectivity index (χ2v) is 9.72. The molecule has 1 atom stereocenters. The van der Waals surface area contributed by atoms with Crippen molar-refractivity contribution in [1.82, 2.24) is 20.4 Å². The Morgan fingerprint density at radius 2 is 1.90 bits per heavy atom. The summed E-state index contributed by atoms with van der Waals surface area (Å²) in [4.78, 5) is 31.0. The Labute approximate surface area is 183 Å². The lowest BCUT2D eigenvalue weighted by atomic mass is 9.94. The van der Waals surface area contributed by atoms with Crippen molar-refractivity contribution in [3.05, 3.63) is 0 Å². The average molecular weight is 435 g/mol. The van der Waals surface area contributed by atoms with Gasteiger partial charge in [0.15, 0.2) is 0 Å². The molecule has 8 nitrogen and oxygen atoms in total. The molecule has 2 saturated heterocycles. The second-order valence-electron chi connectivity index (χ2n) is 8.78. The van der Waals surface area contributed by atoms with Gasteiger partial charge in [-0.2, -0.15) is 0 Å². The molecule has 3 heterocycles. The van der Waals surface area contributed by atoms with E-state index in [0.29, 0.717) is 30.7 Å². The summed E-state index contributed by atoms with van der Waals surface area (Å²) in [5.74, 6) is 0.202. The van der Waals surface area contributed by atoms with Crippen molar-refractivity contribution in [3.63, 3.8) is 0 Å². The van der Waals surface area contributed by atoms with Crippen LogP contribution in [0.1, 0.15) is 64.2 Å². The van der Waals surface area contributed by atoms with Crippen LogP contribution < -0.4 is 15.1 Å². The Morgan fingerprint density at radius 3 is 2.67 bits per heavy atom. The minimum absolute atomic E-state index is 0.0850. The molecule has 9 heteroatoms. The van der Waals surface area contributed by atoms with Gasteiger partial charge in [0.1, 0.15) is 6.04 Å². The third kappa shape index (κ3) is 4.94. The van der Waals surface area contributed by atoms with E-state index in [0.717, 1.165) is 43.9 Å². The number of hydrogen-bond donors (Lipinski definition) is 1. The van der Waals surface area contributed by atoms with Crippen LogP contribution in [0.3, 0.4) is 0 Å². The Bertz CT molecular complexity index is 735. The van der Waals surface area contributed by atoms with Crippen LogP contribution in [0.5, 0.6) is 0 Å². The second kappa shape index (κ2) is 10.0. The average Bonchev–Trinajstić information content (AvgIpc) is 3.51. The summed E-state index contributed by atoms with van der Waals surface area (Å²) in [5.41, 5.74) is 0.